The summed E-state index contributed by atoms with van der Waals surface area (Å²) in [6.45, 7) is 6.72. The number of fused-ring (bicyclic) bond motifs is 6. The van der Waals surface area contributed by atoms with Gasteiger partial charge < -0.3 is 13.9 Å². The lowest BCUT2D eigenvalue weighted by molar-refractivity contribution is 0.670. The second-order valence-electron chi connectivity index (χ2n) is 15.9. The minimum Gasteiger partial charge on any atom is -0.455 e. The molecule has 0 N–H and O–H groups in total. The summed E-state index contributed by atoms with van der Waals surface area (Å²) in [7, 11) is 0. The van der Waals surface area contributed by atoms with Crippen LogP contribution in [0.15, 0.2) is 205 Å². The van der Waals surface area contributed by atoms with E-state index < -0.39 is 0 Å². The van der Waals surface area contributed by atoms with Gasteiger partial charge in [0.05, 0.1) is 27.8 Å². The number of rotatable bonds is 7. The molecule has 0 saturated carbocycles. The zero-order chi connectivity index (χ0) is 40.3. The van der Waals surface area contributed by atoms with Crippen molar-refractivity contribution in [3.8, 4) is 39.1 Å². The zero-order valence-corrected chi connectivity index (χ0v) is 33.9. The third-order valence-corrected chi connectivity index (χ3v) is 12.1. The molecule has 9 aromatic carbocycles. The number of hydrogen-bond acceptors (Lipinski definition) is 2. The summed E-state index contributed by atoms with van der Waals surface area (Å²) in [5.41, 5.74) is 19.1. The molecule has 0 bridgehead atoms. The number of para-hydroxylation sites is 3. The number of hydrogen-bond donors (Lipinski definition) is 0. The molecule has 0 unspecified atom stereocenters. The van der Waals surface area contributed by atoms with Crippen molar-refractivity contribution < 1.29 is 4.42 Å². The maximum Gasteiger partial charge on any atom is 0.145 e. The van der Waals surface area contributed by atoms with Crippen molar-refractivity contribution in [3.63, 3.8) is 0 Å². The Morgan fingerprint density at radius 3 is 1.62 bits per heavy atom. The van der Waals surface area contributed by atoms with Crippen LogP contribution in [0.25, 0.3) is 82.8 Å². The van der Waals surface area contributed by atoms with E-state index in [0.29, 0.717) is 0 Å². The van der Waals surface area contributed by atoms with Crippen LogP contribution in [0.2, 0.25) is 0 Å². The van der Waals surface area contributed by atoms with Crippen LogP contribution >= 0.6 is 0 Å². The molecule has 3 heteroatoms. The van der Waals surface area contributed by atoms with E-state index in [0.717, 1.165) is 55.8 Å². The summed E-state index contributed by atoms with van der Waals surface area (Å²) >= 11 is 0. The predicted molar refractivity (Wildman–Crippen MR) is 253 cm³/mol. The fourth-order valence-corrected chi connectivity index (χ4v) is 9.43. The molecule has 0 aliphatic heterocycles. The monoisotopic (exact) mass is 770 g/mol. The smallest absolute Gasteiger partial charge is 0.145 e. The first kappa shape index (κ1) is 35.5. The summed E-state index contributed by atoms with van der Waals surface area (Å²) in [5.74, 6) is 0. The number of aryl methyl sites for hydroxylation is 3. The summed E-state index contributed by atoms with van der Waals surface area (Å²) < 4.78 is 9.36. The molecule has 0 radical (unpaired) electrons. The zero-order valence-electron chi connectivity index (χ0n) is 33.9. The Morgan fingerprint density at radius 2 is 0.950 bits per heavy atom. The molecule has 2 heterocycles. The highest BCUT2D eigenvalue weighted by Crippen LogP contribution is 2.49. The van der Waals surface area contributed by atoms with Gasteiger partial charge >= 0.3 is 0 Å². The first-order valence-electron chi connectivity index (χ1n) is 20.7. The lowest BCUT2D eigenvalue weighted by atomic mass is 9.95. The fourth-order valence-electron chi connectivity index (χ4n) is 9.43. The lowest BCUT2D eigenvalue weighted by Crippen LogP contribution is -2.15. The van der Waals surface area contributed by atoms with Crippen LogP contribution in [0.4, 0.5) is 17.1 Å². The van der Waals surface area contributed by atoms with Crippen LogP contribution in [0.1, 0.15) is 16.7 Å². The van der Waals surface area contributed by atoms with Gasteiger partial charge in [-0.05, 0) is 132 Å². The molecule has 0 fully saturated rings. The first-order valence-corrected chi connectivity index (χ1v) is 20.7. The van der Waals surface area contributed by atoms with Gasteiger partial charge in [0.25, 0.3) is 0 Å². The number of nitrogens with zero attached hydrogens (tertiary/aromatic N) is 2. The lowest BCUT2D eigenvalue weighted by Gasteiger charge is -2.31. The van der Waals surface area contributed by atoms with E-state index in [2.05, 4.69) is 230 Å². The Kier molecular flexibility index (Phi) is 8.49. The van der Waals surface area contributed by atoms with Crippen LogP contribution in [-0.4, -0.2) is 4.57 Å². The van der Waals surface area contributed by atoms with Crippen LogP contribution in [-0.2, 0) is 0 Å². The normalized spacial score (nSPS) is 11.6. The van der Waals surface area contributed by atoms with E-state index in [4.69, 9.17) is 4.42 Å². The average molecular weight is 771 g/mol. The molecule has 286 valence electrons. The van der Waals surface area contributed by atoms with E-state index >= 15 is 0 Å². The molecule has 2 aromatic heterocycles. The Labute approximate surface area is 350 Å². The highest BCUT2D eigenvalue weighted by atomic mass is 16.3. The van der Waals surface area contributed by atoms with Gasteiger partial charge in [-0.2, -0.15) is 0 Å². The topological polar surface area (TPSA) is 21.3 Å². The molecular weight excluding hydrogens is 729 g/mol. The van der Waals surface area contributed by atoms with Crippen molar-refractivity contribution >= 4 is 60.8 Å². The van der Waals surface area contributed by atoms with Crippen molar-refractivity contribution in [2.24, 2.45) is 0 Å². The van der Waals surface area contributed by atoms with E-state index in [1.807, 2.05) is 0 Å². The Bertz CT molecular complexity index is 3330. The minimum atomic E-state index is 0.865. The van der Waals surface area contributed by atoms with E-state index in [1.54, 1.807) is 0 Å². The van der Waals surface area contributed by atoms with Crippen LogP contribution in [0.5, 0.6) is 0 Å². The van der Waals surface area contributed by atoms with Crippen LogP contribution in [0, 0.1) is 20.8 Å². The molecule has 0 aliphatic rings. The summed E-state index contributed by atoms with van der Waals surface area (Å²) in [6.07, 6.45) is 0. The first-order chi connectivity index (χ1) is 29.5. The highest BCUT2D eigenvalue weighted by Gasteiger charge is 2.26. The Morgan fingerprint density at radius 1 is 0.400 bits per heavy atom. The standard InChI is InChI=1S/C57H42N2O/c1-37-33-42(40-17-6-4-7-18-40)29-31-50(37)59(56-38(2)34-44(35-39(56)3)41-19-8-5-9-20-41)53-32-30-46(57-55(53)49-25-12-15-28-54(49)60-57)43-21-16-22-45(36-43)58-51-26-13-10-23-47(51)48-24-11-14-27-52(48)58/h4-36H,1-3H3. The average Bonchev–Trinajstić information content (AvgIpc) is 3.85. The number of aromatic nitrogens is 1. The molecule has 11 aromatic rings. The number of anilines is 3. The van der Waals surface area contributed by atoms with Gasteiger partial charge in [0, 0.05) is 33.1 Å². The maximum absolute atomic E-state index is 6.98. The second-order valence-corrected chi connectivity index (χ2v) is 15.9. The summed E-state index contributed by atoms with van der Waals surface area (Å²) in [6, 6.07) is 72.1. The quantitative estimate of drug-likeness (QED) is 0.161. The van der Waals surface area contributed by atoms with E-state index in [-0.39, 0.29) is 0 Å². The molecule has 0 spiro atoms. The second kappa shape index (κ2) is 14.3. The van der Waals surface area contributed by atoms with Crippen molar-refractivity contribution in [1.82, 2.24) is 4.57 Å². The van der Waals surface area contributed by atoms with Crippen LogP contribution < -0.4 is 4.90 Å². The third-order valence-electron chi connectivity index (χ3n) is 12.1. The van der Waals surface area contributed by atoms with Gasteiger partial charge in [-0.1, -0.05) is 133 Å². The largest absolute Gasteiger partial charge is 0.455 e. The van der Waals surface area contributed by atoms with Crippen molar-refractivity contribution in [2.75, 3.05) is 4.90 Å². The van der Waals surface area contributed by atoms with Gasteiger partial charge in [0.15, 0.2) is 0 Å². The molecule has 0 aliphatic carbocycles. The number of furan rings is 1. The molecule has 0 atom stereocenters. The van der Waals surface area contributed by atoms with Gasteiger partial charge in [0.2, 0.25) is 0 Å². The van der Waals surface area contributed by atoms with E-state index in [9.17, 15) is 0 Å². The van der Waals surface area contributed by atoms with Gasteiger partial charge in [-0.25, -0.2) is 0 Å². The molecule has 3 nitrogen and oxygen atoms in total. The molecule has 60 heavy (non-hydrogen) atoms. The SMILES string of the molecule is Cc1cc(-c2ccccc2)ccc1N(c1c(C)cc(-c2ccccc2)cc1C)c1ccc(-c2cccc(-n3c4ccccc4c4ccccc43)c2)c2oc3ccccc3c12. The van der Waals surface area contributed by atoms with Gasteiger partial charge in [-0.3, -0.25) is 0 Å². The molecular formula is C57H42N2O. The van der Waals surface area contributed by atoms with Crippen molar-refractivity contribution in [1.29, 1.82) is 0 Å². The summed E-state index contributed by atoms with van der Waals surface area (Å²) in [4.78, 5) is 2.48. The fraction of sp³-hybridized carbons (Fsp3) is 0.0526. The van der Waals surface area contributed by atoms with Crippen molar-refractivity contribution in [3.05, 3.63) is 217 Å². The van der Waals surface area contributed by atoms with E-state index in [1.165, 1.54) is 60.8 Å². The molecule has 0 amide bonds. The maximum atomic E-state index is 6.98. The Hall–Kier alpha value is -7.62. The van der Waals surface area contributed by atoms with Gasteiger partial charge in [0.1, 0.15) is 11.2 Å². The minimum absolute atomic E-state index is 0.865. The third kappa shape index (κ3) is 5.81. The highest BCUT2D eigenvalue weighted by molar-refractivity contribution is 6.17. The van der Waals surface area contributed by atoms with Crippen molar-refractivity contribution in [2.45, 2.75) is 20.8 Å². The summed E-state index contributed by atoms with van der Waals surface area (Å²) in [5, 5.41) is 4.67. The number of benzene rings is 9. The molecule has 0 saturated heterocycles. The van der Waals surface area contributed by atoms with Crippen LogP contribution in [0.3, 0.4) is 0 Å². The van der Waals surface area contributed by atoms with Gasteiger partial charge in [-0.15, -0.1) is 0 Å². The molecule has 11 rings (SSSR count). The predicted octanol–water partition coefficient (Wildman–Crippen LogP) is 16.1. The Balaban J connectivity index is 1.15.